The third kappa shape index (κ3) is 2.79. The molecule has 0 aliphatic rings. The minimum atomic E-state index is 0.826. The highest BCUT2D eigenvalue weighted by atomic mass is 15.1. The second-order valence-electron chi connectivity index (χ2n) is 5.28. The first-order valence-corrected chi connectivity index (χ1v) is 7.05. The van der Waals surface area contributed by atoms with Gasteiger partial charge >= 0.3 is 0 Å². The highest BCUT2D eigenvalue weighted by Gasteiger charge is 2.09. The molecule has 0 amide bonds. The summed E-state index contributed by atoms with van der Waals surface area (Å²) in [5, 5.41) is 3.50. The van der Waals surface area contributed by atoms with Gasteiger partial charge in [-0.1, -0.05) is 0 Å². The first kappa shape index (κ1) is 14.4. The predicted molar refractivity (Wildman–Crippen MR) is 85.5 cm³/mol. The highest BCUT2D eigenvalue weighted by Crippen LogP contribution is 2.24. The average Bonchev–Trinajstić information content (AvgIpc) is 2.70. The first-order valence-electron chi connectivity index (χ1n) is 7.05. The van der Waals surface area contributed by atoms with Gasteiger partial charge < -0.3 is 14.8 Å². The van der Waals surface area contributed by atoms with Crippen molar-refractivity contribution in [3.8, 4) is 0 Å². The maximum Gasteiger partial charge on any atom is 0.0766 e. The summed E-state index contributed by atoms with van der Waals surface area (Å²) in [6.07, 6.45) is 3.71. The zero-order chi connectivity index (χ0) is 14.7. The summed E-state index contributed by atoms with van der Waals surface area (Å²) in [4.78, 5) is 6.30. The molecule has 0 radical (unpaired) electrons. The van der Waals surface area contributed by atoms with Crippen molar-refractivity contribution in [1.29, 1.82) is 0 Å². The Hall–Kier alpha value is -1.97. The molecule has 108 valence electrons. The number of anilines is 2. The molecule has 0 aliphatic carbocycles. The fourth-order valence-electron chi connectivity index (χ4n) is 2.64. The summed E-state index contributed by atoms with van der Waals surface area (Å²) in [5.74, 6) is 0. The number of nitrogens with one attached hydrogen (secondary N) is 1. The average molecular weight is 272 g/mol. The standard InChI is InChI=1S/C16H24N4/c1-6-20-12(2)9-14(13(20)3)10-18-15-11-17-8-7-16(15)19(4)5/h7-9,11,18H,6,10H2,1-5H3. The fourth-order valence-corrected chi connectivity index (χ4v) is 2.64. The van der Waals surface area contributed by atoms with Crippen LogP contribution in [0.4, 0.5) is 11.4 Å². The van der Waals surface area contributed by atoms with Crippen LogP contribution in [0.5, 0.6) is 0 Å². The maximum atomic E-state index is 4.21. The van der Waals surface area contributed by atoms with Crippen molar-refractivity contribution < 1.29 is 0 Å². The lowest BCUT2D eigenvalue weighted by atomic mass is 10.2. The minimum Gasteiger partial charge on any atom is -0.378 e. The quantitative estimate of drug-likeness (QED) is 0.907. The van der Waals surface area contributed by atoms with E-state index in [1.54, 1.807) is 0 Å². The number of aromatic nitrogens is 2. The fraction of sp³-hybridized carbons (Fsp3) is 0.438. The van der Waals surface area contributed by atoms with Crippen LogP contribution in [0.25, 0.3) is 0 Å². The van der Waals surface area contributed by atoms with Crippen LogP contribution >= 0.6 is 0 Å². The van der Waals surface area contributed by atoms with Crippen molar-refractivity contribution in [1.82, 2.24) is 9.55 Å². The van der Waals surface area contributed by atoms with Crippen molar-refractivity contribution in [2.45, 2.75) is 33.9 Å². The largest absolute Gasteiger partial charge is 0.378 e. The molecule has 0 bridgehead atoms. The Morgan fingerprint density at radius 3 is 2.65 bits per heavy atom. The Labute approximate surface area is 121 Å². The van der Waals surface area contributed by atoms with Gasteiger partial charge in [-0.15, -0.1) is 0 Å². The summed E-state index contributed by atoms with van der Waals surface area (Å²) >= 11 is 0. The van der Waals surface area contributed by atoms with Gasteiger partial charge in [0.15, 0.2) is 0 Å². The van der Waals surface area contributed by atoms with Crippen LogP contribution in [-0.4, -0.2) is 23.6 Å². The van der Waals surface area contributed by atoms with E-state index in [2.05, 4.69) is 46.6 Å². The van der Waals surface area contributed by atoms with Crippen LogP contribution < -0.4 is 10.2 Å². The van der Waals surface area contributed by atoms with Crippen LogP contribution in [0, 0.1) is 13.8 Å². The Kier molecular flexibility index (Phi) is 4.32. The van der Waals surface area contributed by atoms with Crippen LogP contribution in [0.15, 0.2) is 24.5 Å². The maximum absolute atomic E-state index is 4.21. The first-order chi connectivity index (χ1) is 9.54. The molecule has 2 aromatic rings. The topological polar surface area (TPSA) is 33.1 Å². The van der Waals surface area contributed by atoms with Gasteiger partial charge in [0, 0.05) is 44.8 Å². The molecule has 20 heavy (non-hydrogen) atoms. The number of aryl methyl sites for hydroxylation is 1. The Balaban J connectivity index is 2.17. The van der Waals surface area contributed by atoms with Crippen LogP contribution in [0.1, 0.15) is 23.9 Å². The van der Waals surface area contributed by atoms with E-state index in [0.717, 1.165) is 24.5 Å². The van der Waals surface area contributed by atoms with E-state index in [1.165, 1.54) is 17.0 Å². The van der Waals surface area contributed by atoms with E-state index in [0.29, 0.717) is 0 Å². The second-order valence-corrected chi connectivity index (χ2v) is 5.28. The van der Waals surface area contributed by atoms with Crippen molar-refractivity contribution in [2.24, 2.45) is 0 Å². The lowest BCUT2D eigenvalue weighted by Crippen LogP contribution is -2.12. The molecule has 0 saturated heterocycles. The molecular weight excluding hydrogens is 248 g/mol. The monoisotopic (exact) mass is 272 g/mol. The van der Waals surface area contributed by atoms with Crippen LogP contribution in [0.2, 0.25) is 0 Å². The number of rotatable bonds is 5. The number of hydrogen-bond acceptors (Lipinski definition) is 3. The molecule has 0 saturated carbocycles. The number of hydrogen-bond donors (Lipinski definition) is 1. The molecule has 0 fully saturated rings. The summed E-state index contributed by atoms with van der Waals surface area (Å²) in [7, 11) is 4.09. The third-order valence-electron chi connectivity index (χ3n) is 3.74. The third-order valence-corrected chi connectivity index (χ3v) is 3.74. The lowest BCUT2D eigenvalue weighted by molar-refractivity contribution is 0.715. The molecule has 2 rings (SSSR count). The molecule has 1 N–H and O–H groups in total. The Bertz CT molecular complexity index is 584. The van der Waals surface area contributed by atoms with Gasteiger partial charge in [-0.3, -0.25) is 4.98 Å². The van der Waals surface area contributed by atoms with E-state index < -0.39 is 0 Å². The molecule has 4 heteroatoms. The number of nitrogens with zero attached hydrogens (tertiary/aromatic N) is 3. The van der Waals surface area contributed by atoms with E-state index in [-0.39, 0.29) is 0 Å². The highest BCUT2D eigenvalue weighted by molar-refractivity contribution is 5.68. The normalized spacial score (nSPS) is 10.7. The molecule has 0 atom stereocenters. The van der Waals surface area contributed by atoms with Gasteiger partial charge in [0.25, 0.3) is 0 Å². The molecule has 2 aromatic heterocycles. The van der Waals surface area contributed by atoms with Crippen LogP contribution in [-0.2, 0) is 13.1 Å². The molecule has 0 aromatic carbocycles. The van der Waals surface area contributed by atoms with E-state index >= 15 is 0 Å². The Morgan fingerprint density at radius 2 is 2.05 bits per heavy atom. The zero-order valence-corrected chi connectivity index (χ0v) is 13.1. The second kappa shape index (κ2) is 5.99. The number of pyridine rings is 1. The molecule has 4 nitrogen and oxygen atoms in total. The summed E-state index contributed by atoms with van der Waals surface area (Å²) < 4.78 is 2.34. The van der Waals surface area contributed by atoms with Crippen LogP contribution in [0.3, 0.4) is 0 Å². The zero-order valence-electron chi connectivity index (χ0n) is 13.1. The van der Waals surface area contributed by atoms with Crippen molar-refractivity contribution >= 4 is 11.4 Å². The molecular formula is C16H24N4. The molecule has 0 unspecified atom stereocenters. The lowest BCUT2D eigenvalue weighted by Gasteiger charge is -2.17. The van der Waals surface area contributed by atoms with Gasteiger partial charge in [-0.25, -0.2) is 0 Å². The van der Waals surface area contributed by atoms with Gasteiger partial charge in [-0.2, -0.15) is 0 Å². The SMILES string of the molecule is CCn1c(C)cc(CNc2cnccc2N(C)C)c1C. The Morgan fingerprint density at radius 1 is 1.30 bits per heavy atom. The van der Waals surface area contributed by atoms with Crippen molar-refractivity contribution in [2.75, 3.05) is 24.3 Å². The van der Waals surface area contributed by atoms with Crippen molar-refractivity contribution in [3.05, 3.63) is 41.5 Å². The summed E-state index contributed by atoms with van der Waals surface area (Å²) in [6.45, 7) is 8.38. The van der Waals surface area contributed by atoms with E-state index in [1.807, 2.05) is 32.6 Å². The summed E-state index contributed by atoms with van der Waals surface area (Å²) in [5.41, 5.74) is 6.23. The smallest absolute Gasteiger partial charge is 0.0766 e. The van der Waals surface area contributed by atoms with Gasteiger partial charge in [0.1, 0.15) is 0 Å². The molecule has 0 spiro atoms. The summed E-state index contributed by atoms with van der Waals surface area (Å²) in [6, 6.07) is 4.29. The molecule has 0 aliphatic heterocycles. The van der Waals surface area contributed by atoms with Crippen molar-refractivity contribution in [3.63, 3.8) is 0 Å². The molecule has 2 heterocycles. The minimum absolute atomic E-state index is 0.826. The van der Waals surface area contributed by atoms with Gasteiger partial charge in [0.2, 0.25) is 0 Å². The van der Waals surface area contributed by atoms with E-state index in [4.69, 9.17) is 0 Å². The van der Waals surface area contributed by atoms with Gasteiger partial charge in [-0.05, 0) is 38.5 Å². The van der Waals surface area contributed by atoms with E-state index in [9.17, 15) is 0 Å². The van der Waals surface area contributed by atoms with Gasteiger partial charge in [0.05, 0.1) is 17.6 Å². The predicted octanol–water partition coefficient (Wildman–Crippen LogP) is 3.20.